The van der Waals surface area contributed by atoms with Crippen LogP contribution in [0.15, 0.2) is 6.07 Å². The minimum Gasteiger partial charge on any atom is -0.480 e. The zero-order valence-electron chi connectivity index (χ0n) is 10.8. The first kappa shape index (κ1) is 14.0. The van der Waals surface area contributed by atoms with E-state index in [-0.39, 0.29) is 5.91 Å². The molecule has 0 saturated heterocycles. The molecule has 2 rings (SSSR count). The summed E-state index contributed by atoms with van der Waals surface area (Å²) in [4.78, 5) is 24.8. The molecule has 2 N–H and O–H groups in total. The van der Waals surface area contributed by atoms with Crippen LogP contribution in [0.3, 0.4) is 0 Å². The number of carbonyl (C=O) groups is 2. The number of rotatable bonds is 5. The first-order valence-electron chi connectivity index (χ1n) is 6.34. The molecule has 0 radical (unpaired) electrons. The standard InChI is InChI=1S/C13H17NO4S/c1-2-3-9(13(16)17)14-12(15)11-6-8-7-18-5-4-10(8)19-11/h6,9H,2-5,7H2,1H3,(H,14,15)(H,16,17). The van der Waals surface area contributed by atoms with Crippen LogP contribution in [-0.4, -0.2) is 29.6 Å². The summed E-state index contributed by atoms with van der Waals surface area (Å²) in [6.07, 6.45) is 1.98. The Kier molecular flexibility index (Phi) is 4.55. The van der Waals surface area contributed by atoms with Crippen molar-refractivity contribution >= 4 is 23.2 Å². The minimum atomic E-state index is -0.986. The number of thiophene rings is 1. The Morgan fingerprint density at radius 3 is 3.00 bits per heavy atom. The molecule has 104 valence electrons. The number of hydrogen-bond donors (Lipinski definition) is 2. The van der Waals surface area contributed by atoms with Crippen LogP contribution in [-0.2, 0) is 22.6 Å². The normalized spacial score (nSPS) is 15.6. The van der Waals surface area contributed by atoms with Gasteiger partial charge in [0.05, 0.1) is 18.1 Å². The summed E-state index contributed by atoms with van der Waals surface area (Å²) in [5, 5.41) is 11.6. The van der Waals surface area contributed by atoms with E-state index in [9.17, 15) is 9.59 Å². The second-order valence-corrected chi connectivity index (χ2v) is 5.65. The highest BCUT2D eigenvalue weighted by atomic mass is 32.1. The van der Waals surface area contributed by atoms with Crippen LogP contribution in [0, 0.1) is 0 Å². The van der Waals surface area contributed by atoms with Crippen LogP contribution in [0.4, 0.5) is 0 Å². The zero-order chi connectivity index (χ0) is 13.8. The van der Waals surface area contributed by atoms with Gasteiger partial charge in [0.25, 0.3) is 5.91 Å². The highest BCUT2D eigenvalue weighted by molar-refractivity contribution is 7.14. The lowest BCUT2D eigenvalue weighted by molar-refractivity contribution is -0.139. The Hall–Kier alpha value is -1.40. The molecule has 0 aromatic carbocycles. The van der Waals surface area contributed by atoms with Crippen molar-refractivity contribution in [3.05, 3.63) is 21.4 Å². The maximum Gasteiger partial charge on any atom is 0.326 e. The third kappa shape index (κ3) is 3.33. The average molecular weight is 283 g/mol. The summed E-state index contributed by atoms with van der Waals surface area (Å²) in [5.41, 5.74) is 1.05. The molecule has 6 heteroatoms. The molecule has 1 aliphatic heterocycles. The van der Waals surface area contributed by atoms with E-state index in [0.717, 1.165) is 12.0 Å². The topological polar surface area (TPSA) is 75.6 Å². The second-order valence-electron chi connectivity index (χ2n) is 4.51. The highest BCUT2D eigenvalue weighted by Gasteiger charge is 2.22. The molecule has 0 bridgehead atoms. The molecule has 0 fully saturated rings. The number of fused-ring (bicyclic) bond motifs is 1. The predicted molar refractivity (Wildman–Crippen MR) is 71.5 cm³/mol. The zero-order valence-corrected chi connectivity index (χ0v) is 11.6. The molecule has 1 atom stereocenters. The van der Waals surface area contributed by atoms with Gasteiger partial charge in [-0.25, -0.2) is 4.79 Å². The Balaban J connectivity index is 2.06. The number of hydrogen-bond acceptors (Lipinski definition) is 4. The summed E-state index contributed by atoms with van der Waals surface area (Å²) in [6.45, 7) is 3.11. The molecule has 5 nitrogen and oxygen atoms in total. The van der Waals surface area contributed by atoms with Gasteiger partial charge in [0.15, 0.2) is 0 Å². The van der Waals surface area contributed by atoms with Crippen molar-refractivity contribution in [1.29, 1.82) is 0 Å². The molecule has 1 aromatic rings. The smallest absolute Gasteiger partial charge is 0.326 e. The predicted octanol–water partition coefficient (Wildman–Crippen LogP) is 1.80. The van der Waals surface area contributed by atoms with Crippen LogP contribution in [0.5, 0.6) is 0 Å². The second kappa shape index (κ2) is 6.16. The Morgan fingerprint density at radius 1 is 1.58 bits per heavy atom. The van der Waals surface area contributed by atoms with Crippen LogP contribution in [0.2, 0.25) is 0 Å². The monoisotopic (exact) mass is 283 g/mol. The fourth-order valence-electron chi connectivity index (χ4n) is 2.03. The molecule has 2 heterocycles. The van der Waals surface area contributed by atoms with Gasteiger partial charge in [0, 0.05) is 11.3 Å². The molecule has 0 saturated carbocycles. The molecular formula is C13H17NO4S. The fourth-order valence-corrected chi connectivity index (χ4v) is 3.09. The van der Waals surface area contributed by atoms with E-state index >= 15 is 0 Å². The molecule has 0 aliphatic carbocycles. The SMILES string of the molecule is CCCC(NC(=O)c1cc2c(s1)CCOC2)C(=O)O. The van der Waals surface area contributed by atoms with Crippen molar-refractivity contribution < 1.29 is 19.4 Å². The summed E-state index contributed by atoms with van der Waals surface area (Å²) >= 11 is 1.43. The van der Waals surface area contributed by atoms with Gasteiger partial charge in [-0.2, -0.15) is 0 Å². The lowest BCUT2D eigenvalue weighted by Gasteiger charge is -2.12. The Morgan fingerprint density at radius 2 is 2.37 bits per heavy atom. The maximum absolute atomic E-state index is 12.0. The fraction of sp³-hybridized carbons (Fsp3) is 0.538. The van der Waals surface area contributed by atoms with Crippen molar-refractivity contribution in [3.8, 4) is 0 Å². The highest BCUT2D eigenvalue weighted by Crippen LogP contribution is 2.26. The van der Waals surface area contributed by atoms with Gasteiger partial charge in [-0.1, -0.05) is 13.3 Å². The van der Waals surface area contributed by atoms with E-state index in [1.54, 1.807) is 6.07 Å². The van der Waals surface area contributed by atoms with E-state index in [1.165, 1.54) is 16.2 Å². The van der Waals surface area contributed by atoms with E-state index in [4.69, 9.17) is 9.84 Å². The van der Waals surface area contributed by atoms with Crippen LogP contribution >= 0.6 is 11.3 Å². The summed E-state index contributed by atoms with van der Waals surface area (Å²) in [6, 6.07) is 0.993. The van der Waals surface area contributed by atoms with Gasteiger partial charge in [0.2, 0.25) is 0 Å². The molecule has 1 amide bonds. The summed E-state index contributed by atoms with van der Waals surface area (Å²) in [7, 11) is 0. The van der Waals surface area contributed by atoms with Gasteiger partial charge >= 0.3 is 5.97 Å². The van der Waals surface area contributed by atoms with Gasteiger partial charge in [-0.3, -0.25) is 4.79 Å². The van der Waals surface area contributed by atoms with Crippen LogP contribution in [0.1, 0.15) is 39.9 Å². The van der Waals surface area contributed by atoms with E-state index in [1.807, 2.05) is 6.92 Å². The summed E-state index contributed by atoms with van der Waals surface area (Å²) < 4.78 is 5.33. The van der Waals surface area contributed by atoms with E-state index < -0.39 is 12.0 Å². The van der Waals surface area contributed by atoms with Gasteiger partial charge in [-0.15, -0.1) is 11.3 Å². The number of carbonyl (C=O) groups excluding carboxylic acids is 1. The maximum atomic E-state index is 12.0. The van der Waals surface area contributed by atoms with Gasteiger partial charge < -0.3 is 15.2 Å². The van der Waals surface area contributed by atoms with Crippen LogP contribution < -0.4 is 5.32 Å². The van der Waals surface area contributed by atoms with Gasteiger partial charge in [0.1, 0.15) is 6.04 Å². The minimum absolute atomic E-state index is 0.305. The van der Waals surface area contributed by atoms with Crippen molar-refractivity contribution in [2.24, 2.45) is 0 Å². The molecule has 1 aliphatic rings. The molecular weight excluding hydrogens is 266 g/mol. The molecule has 1 unspecified atom stereocenters. The van der Waals surface area contributed by atoms with Crippen LogP contribution in [0.25, 0.3) is 0 Å². The largest absolute Gasteiger partial charge is 0.480 e. The van der Waals surface area contributed by atoms with E-state index in [2.05, 4.69) is 5.32 Å². The first-order chi connectivity index (χ1) is 9.11. The number of carboxylic acid groups (broad SMARTS) is 1. The molecule has 1 aromatic heterocycles. The van der Waals surface area contributed by atoms with Crippen molar-refractivity contribution in [2.45, 2.75) is 38.8 Å². The van der Waals surface area contributed by atoms with Crippen molar-refractivity contribution in [2.75, 3.05) is 6.61 Å². The quantitative estimate of drug-likeness (QED) is 0.864. The number of ether oxygens (including phenoxy) is 1. The third-order valence-electron chi connectivity index (χ3n) is 3.03. The molecule has 19 heavy (non-hydrogen) atoms. The third-order valence-corrected chi connectivity index (χ3v) is 4.27. The van der Waals surface area contributed by atoms with Gasteiger partial charge in [-0.05, 0) is 18.1 Å². The molecule has 0 spiro atoms. The Labute approximate surface area is 115 Å². The number of nitrogens with one attached hydrogen (secondary N) is 1. The lowest BCUT2D eigenvalue weighted by atomic mass is 10.1. The van der Waals surface area contributed by atoms with E-state index in [0.29, 0.717) is 30.9 Å². The number of amides is 1. The van der Waals surface area contributed by atoms with Crippen molar-refractivity contribution in [1.82, 2.24) is 5.32 Å². The summed E-state index contributed by atoms with van der Waals surface area (Å²) in [5.74, 6) is -1.29. The number of carboxylic acids is 1. The lowest BCUT2D eigenvalue weighted by Crippen LogP contribution is -2.40. The Bertz CT molecular complexity index is 459. The van der Waals surface area contributed by atoms with Crippen molar-refractivity contribution in [3.63, 3.8) is 0 Å². The number of aliphatic carboxylic acids is 1. The first-order valence-corrected chi connectivity index (χ1v) is 7.16. The average Bonchev–Trinajstić information content (AvgIpc) is 2.81.